The van der Waals surface area contributed by atoms with Crippen LogP contribution in [0.5, 0.6) is 0 Å². The summed E-state index contributed by atoms with van der Waals surface area (Å²) in [4.78, 5) is 26.8. The molecular formula is C23H31F3N4O4. The Balaban J connectivity index is 1.54. The van der Waals surface area contributed by atoms with Gasteiger partial charge in [-0.25, -0.2) is 15.6 Å². The summed E-state index contributed by atoms with van der Waals surface area (Å²) in [5, 5.41) is 9.74. The van der Waals surface area contributed by atoms with Crippen LogP contribution in [0.2, 0.25) is 0 Å². The Kier molecular flexibility index (Phi) is 8.42. The monoisotopic (exact) mass is 484 g/mol. The first-order valence-corrected chi connectivity index (χ1v) is 11.4. The van der Waals surface area contributed by atoms with Gasteiger partial charge in [0.2, 0.25) is 0 Å². The maximum absolute atomic E-state index is 13.4. The highest BCUT2D eigenvalue weighted by atomic mass is 19.4. The molecule has 0 saturated carbocycles. The van der Waals surface area contributed by atoms with Crippen LogP contribution in [-0.2, 0) is 22.3 Å². The number of hydrazine groups is 1. The summed E-state index contributed by atoms with van der Waals surface area (Å²) in [6.45, 7) is 3.77. The van der Waals surface area contributed by atoms with Gasteiger partial charge in [-0.3, -0.25) is 4.79 Å². The Bertz CT molecular complexity index is 895. The number of nitrogens with zero attached hydrogens (tertiary/aromatic N) is 3. The Morgan fingerprint density at radius 2 is 1.85 bits per heavy atom. The molecule has 2 amide bonds. The van der Waals surface area contributed by atoms with Crippen LogP contribution >= 0.6 is 0 Å². The zero-order valence-electron chi connectivity index (χ0n) is 19.1. The molecule has 34 heavy (non-hydrogen) atoms. The van der Waals surface area contributed by atoms with E-state index in [2.05, 4.69) is 0 Å². The molecule has 11 heteroatoms. The molecule has 3 rings (SSSR count). The number of carboxylic acids is 1. The minimum absolute atomic E-state index is 0.0577. The summed E-state index contributed by atoms with van der Waals surface area (Å²) in [5.41, 5.74) is 0.366. The molecule has 2 heterocycles. The van der Waals surface area contributed by atoms with E-state index in [1.54, 1.807) is 6.07 Å². The number of carbonyl (C=O) groups excluding carboxylic acids is 1. The quantitative estimate of drug-likeness (QED) is 0.347. The van der Waals surface area contributed by atoms with Crippen molar-refractivity contribution in [1.82, 2.24) is 9.91 Å². The lowest BCUT2D eigenvalue weighted by Crippen LogP contribution is -2.48. The molecule has 1 aromatic carbocycles. The van der Waals surface area contributed by atoms with Crippen molar-refractivity contribution in [1.29, 1.82) is 0 Å². The second kappa shape index (κ2) is 11.1. The molecule has 8 nitrogen and oxygen atoms in total. The number of urea groups is 1. The van der Waals surface area contributed by atoms with E-state index in [1.807, 2.05) is 4.90 Å². The second-order valence-electron chi connectivity index (χ2n) is 8.74. The molecule has 2 saturated heterocycles. The van der Waals surface area contributed by atoms with Gasteiger partial charge in [-0.2, -0.15) is 13.2 Å². The molecule has 0 aliphatic carbocycles. The fourth-order valence-corrected chi connectivity index (χ4v) is 4.04. The van der Waals surface area contributed by atoms with E-state index in [1.165, 1.54) is 30.2 Å². The maximum atomic E-state index is 13.4. The highest BCUT2D eigenvalue weighted by Crippen LogP contribution is 2.34. The first kappa shape index (κ1) is 25.8. The third-order valence-electron chi connectivity index (χ3n) is 6.12. The number of benzene rings is 1. The molecule has 1 unspecified atom stereocenters. The molecule has 2 aliphatic rings. The standard InChI is InChI=1S/C23H31F3N4O4/c1-16(21(31)32)4-11-30(27)22(33)29-9-5-20(6-10-29)34-15-17-12-18(23(24,25)26)14-19(13-17)28-7-2-3-8-28/h4,11-14,16,20H,2-3,5-10,15,27H2,1H3,(H,31,32)/b11-4-. The van der Waals surface area contributed by atoms with Crippen molar-refractivity contribution in [3.63, 3.8) is 0 Å². The van der Waals surface area contributed by atoms with Crippen LogP contribution in [0.1, 0.15) is 43.7 Å². The number of piperidine rings is 1. The van der Waals surface area contributed by atoms with Crippen LogP contribution < -0.4 is 10.7 Å². The van der Waals surface area contributed by atoms with E-state index in [-0.39, 0.29) is 12.7 Å². The van der Waals surface area contributed by atoms with E-state index in [0.29, 0.717) is 37.2 Å². The van der Waals surface area contributed by atoms with Crippen LogP contribution in [0.25, 0.3) is 0 Å². The zero-order valence-corrected chi connectivity index (χ0v) is 19.1. The normalized spacial score (nSPS) is 18.5. The highest BCUT2D eigenvalue weighted by Gasteiger charge is 2.32. The molecule has 0 radical (unpaired) electrons. The van der Waals surface area contributed by atoms with Crippen molar-refractivity contribution in [2.75, 3.05) is 31.1 Å². The lowest BCUT2D eigenvalue weighted by molar-refractivity contribution is -0.139. The average Bonchev–Trinajstić information content (AvgIpc) is 3.35. The van der Waals surface area contributed by atoms with Gasteiger partial charge >= 0.3 is 18.2 Å². The third kappa shape index (κ3) is 6.86. The number of amides is 2. The number of alkyl halides is 3. The maximum Gasteiger partial charge on any atom is 0.416 e. The minimum atomic E-state index is -4.43. The summed E-state index contributed by atoms with van der Waals surface area (Å²) in [5.74, 6) is 3.91. The Morgan fingerprint density at radius 1 is 1.21 bits per heavy atom. The molecule has 0 aromatic heterocycles. The first-order chi connectivity index (χ1) is 16.0. The van der Waals surface area contributed by atoms with Gasteiger partial charge in [-0.15, -0.1) is 0 Å². The summed E-state index contributed by atoms with van der Waals surface area (Å²) in [7, 11) is 0. The number of hydrogen-bond acceptors (Lipinski definition) is 5. The zero-order chi connectivity index (χ0) is 24.9. The van der Waals surface area contributed by atoms with E-state index in [4.69, 9.17) is 15.7 Å². The van der Waals surface area contributed by atoms with Gasteiger partial charge in [0, 0.05) is 38.1 Å². The topological polar surface area (TPSA) is 99.3 Å². The Morgan fingerprint density at radius 3 is 2.44 bits per heavy atom. The molecule has 2 fully saturated rings. The number of anilines is 1. The third-order valence-corrected chi connectivity index (χ3v) is 6.12. The second-order valence-corrected chi connectivity index (χ2v) is 8.74. The van der Waals surface area contributed by atoms with Crippen LogP contribution in [-0.4, -0.2) is 59.3 Å². The summed E-state index contributed by atoms with van der Waals surface area (Å²) >= 11 is 0. The van der Waals surface area contributed by atoms with Gasteiger partial charge in [0.05, 0.1) is 24.2 Å². The van der Waals surface area contributed by atoms with Gasteiger partial charge in [0.15, 0.2) is 0 Å². The predicted molar refractivity (Wildman–Crippen MR) is 120 cm³/mol. The lowest BCUT2D eigenvalue weighted by Gasteiger charge is -2.33. The number of hydrogen-bond donors (Lipinski definition) is 2. The van der Waals surface area contributed by atoms with Crippen LogP contribution in [0.4, 0.5) is 23.7 Å². The minimum Gasteiger partial charge on any atom is -0.481 e. The van der Waals surface area contributed by atoms with Crippen molar-refractivity contribution in [3.8, 4) is 0 Å². The highest BCUT2D eigenvalue weighted by molar-refractivity contribution is 5.75. The smallest absolute Gasteiger partial charge is 0.416 e. The largest absolute Gasteiger partial charge is 0.481 e. The first-order valence-electron chi connectivity index (χ1n) is 11.4. The fraction of sp³-hybridized carbons (Fsp3) is 0.565. The van der Waals surface area contributed by atoms with Gasteiger partial charge in [-0.05, 0) is 56.4 Å². The van der Waals surface area contributed by atoms with E-state index in [0.717, 1.165) is 37.0 Å². The number of carboxylic acid groups (broad SMARTS) is 1. The summed E-state index contributed by atoms with van der Waals surface area (Å²) in [6, 6.07) is 3.63. The molecule has 0 spiro atoms. The molecule has 2 aliphatic heterocycles. The van der Waals surface area contributed by atoms with Gasteiger partial charge in [0.1, 0.15) is 0 Å². The van der Waals surface area contributed by atoms with Crippen LogP contribution in [0, 0.1) is 5.92 Å². The predicted octanol–water partition coefficient (Wildman–Crippen LogP) is 3.82. The van der Waals surface area contributed by atoms with E-state index in [9.17, 15) is 22.8 Å². The number of nitrogens with two attached hydrogens (primary N) is 1. The number of rotatable bonds is 7. The Hall–Kier alpha value is -2.79. The number of halogens is 3. The van der Waals surface area contributed by atoms with Crippen molar-refractivity contribution in [3.05, 3.63) is 41.6 Å². The molecule has 3 N–H and O–H groups in total. The van der Waals surface area contributed by atoms with Crippen molar-refractivity contribution >= 4 is 17.7 Å². The fourth-order valence-electron chi connectivity index (χ4n) is 4.04. The number of carbonyl (C=O) groups is 2. The Labute approximate surface area is 196 Å². The van der Waals surface area contributed by atoms with Gasteiger partial charge < -0.3 is 19.6 Å². The van der Waals surface area contributed by atoms with E-state index >= 15 is 0 Å². The van der Waals surface area contributed by atoms with Crippen LogP contribution in [0.3, 0.4) is 0 Å². The number of ether oxygens (including phenoxy) is 1. The van der Waals surface area contributed by atoms with Gasteiger partial charge in [-0.1, -0.05) is 6.08 Å². The summed E-state index contributed by atoms with van der Waals surface area (Å²) in [6.07, 6.45) is 0.905. The van der Waals surface area contributed by atoms with E-state index < -0.39 is 29.7 Å². The molecular weight excluding hydrogens is 453 g/mol. The molecule has 188 valence electrons. The van der Waals surface area contributed by atoms with Gasteiger partial charge in [0.25, 0.3) is 0 Å². The van der Waals surface area contributed by atoms with Crippen molar-refractivity contribution in [2.45, 2.75) is 51.5 Å². The SMILES string of the molecule is CC(/C=C\N(N)C(=O)N1CCC(OCc2cc(N3CCCC3)cc(C(F)(F)F)c2)CC1)C(=O)O. The van der Waals surface area contributed by atoms with Crippen molar-refractivity contribution < 1.29 is 32.6 Å². The molecule has 1 aromatic rings. The number of likely N-dealkylation sites (tertiary alicyclic amines) is 1. The average molecular weight is 485 g/mol. The van der Waals surface area contributed by atoms with Crippen molar-refractivity contribution in [2.24, 2.45) is 11.8 Å². The van der Waals surface area contributed by atoms with Crippen LogP contribution in [0.15, 0.2) is 30.5 Å². The lowest BCUT2D eigenvalue weighted by atomic mass is 10.1. The molecule has 1 atom stereocenters. The molecule has 0 bridgehead atoms. The number of aliphatic carboxylic acids is 1. The summed E-state index contributed by atoms with van der Waals surface area (Å²) < 4.78 is 46.1.